The van der Waals surface area contributed by atoms with Crippen LogP contribution in [0.2, 0.25) is 0 Å². The van der Waals surface area contributed by atoms with Crippen LogP contribution in [0.25, 0.3) is 17.7 Å². The molecule has 1 aliphatic heterocycles. The van der Waals surface area contributed by atoms with Crippen molar-refractivity contribution in [2.24, 2.45) is 11.0 Å². The number of fused-ring (bicyclic) bond motifs is 1. The van der Waals surface area contributed by atoms with Gasteiger partial charge in [-0.05, 0) is 67.3 Å². The third-order valence-corrected chi connectivity index (χ3v) is 6.71. The second-order valence-electron chi connectivity index (χ2n) is 8.01. The van der Waals surface area contributed by atoms with Crippen LogP contribution >= 0.6 is 11.8 Å². The highest BCUT2D eigenvalue weighted by atomic mass is 32.2. The first-order valence-electron chi connectivity index (χ1n) is 10.9. The number of thioether (sulfide) groups is 1. The summed E-state index contributed by atoms with van der Waals surface area (Å²) in [6.07, 6.45) is 9.63. The molecule has 10 heteroatoms. The minimum atomic E-state index is -0.292. The molecule has 0 saturated heterocycles. The van der Waals surface area contributed by atoms with Gasteiger partial charge in [-0.1, -0.05) is 11.8 Å². The highest BCUT2D eigenvalue weighted by Gasteiger charge is 2.45. The van der Waals surface area contributed by atoms with Crippen molar-refractivity contribution < 1.29 is 22.5 Å². The smallest absolute Gasteiger partial charge is 0.284 e. The van der Waals surface area contributed by atoms with Gasteiger partial charge in [0.15, 0.2) is 5.76 Å². The lowest BCUT2D eigenvalue weighted by molar-refractivity contribution is -0.131. The Balaban J connectivity index is 1.25. The number of carbonyl (C=O) groups excluding carboxylic acids is 1. The molecule has 2 aliphatic rings. The number of carbonyl (C=O) groups is 1. The van der Waals surface area contributed by atoms with E-state index in [1.54, 1.807) is 29.7 Å². The zero-order valence-corrected chi connectivity index (χ0v) is 18.8. The van der Waals surface area contributed by atoms with Crippen molar-refractivity contribution in [1.82, 2.24) is 15.2 Å². The Hall–Kier alpha value is -3.79. The number of allylic oxidation sites excluding steroid dienone is 1. The Labute approximate surface area is 198 Å². The van der Waals surface area contributed by atoms with Crippen LogP contribution in [0.3, 0.4) is 0 Å². The largest absolute Gasteiger partial charge is 0.467 e. The van der Waals surface area contributed by atoms with Gasteiger partial charge in [0.05, 0.1) is 30.3 Å². The van der Waals surface area contributed by atoms with E-state index < -0.39 is 0 Å². The molecular weight excluding hydrogens is 456 g/mol. The van der Waals surface area contributed by atoms with E-state index in [4.69, 9.17) is 22.8 Å². The molecule has 172 valence electrons. The lowest BCUT2D eigenvalue weighted by Crippen LogP contribution is -2.32. The second kappa shape index (κ2) is 8.86. The van der Waals surface area contributed by atoms with Crippen molar-refractivity contribution in [3.63, 3.8) is 0 Å². The average molecular weight is 477 g/mol. The summed E-state index contributed by atoms with van der Waals surface area (Å²) in [5.41, 5.74) is 2.01. The summed E-state index contributed by atoms with van der Waals surface area (Å²) in [7, 11) is 0. The van der Waals surface area contributed by atoms with Crippen molar-refractivity contribution in [1.29, 1.82) is 0 Å². The maximum Gasteiger partial charge on any atom is 0.284 e. The lowest BCUT2D eigenvalue weighted by atomic mass is 9.79. The molecule has 4 aromatic heterocycles. The molecule has 0 radical (unpaired) electrons. The molecule has 9 nitrogen and oxygen atoms in total. The summed E-state index contributed by atoms with van der Waals surface area (Å²) >= 11 is 1.17. The lowest BCUT2D eigenvalue weighted by Gasteiger charge is -2.27. The molecule has 0 bridgehead atoms. The van der Waals surface area contributed by atoms with Crippen LogP contribution in [-0.2, 0) is 4.79 Å². The van der Waals surface area contributed by atoms with Gasteiger partial charge in [0.1, 0.15) is 17.6 Å². The molecule has 1 amide bonds. The van der Waals surface area contributed by atoms with Crippen molar-refractivity contribution >= 4 is 29.5 Å². The number of aromatic nitrogens is 2. The molecule has 1 aliphatic carbocycles. The van der Waals surface area contributed by atoms with Crippen molar-refractivity contribution in [3.05, 3.63) is 72.3 Å². The molecule has 0 N–H and O–H groups in total. The standard InChI is InChI=1S/C24H20N4O5S/c29-20(14-34-24-26-25-23(33-24)19-9-4-12-32-19)28-22(18-8-3-11-31-18)17-7-1-5-15(21(17)27-28)13-16-6-2-10-30-16/h2-4,6,8-13,17,22H,1,5,7,14H2/b15-13+. The van der Waals surface area contributed by atoms with E-state index in [0.29, 0.717) is 5.76 Å². The van der Waals surface area contributed by atoms with E-state index >= 15 is 0 Å². The number of hydrazone groups is 1. The van der Waals surface area contributed by atoms with Crippen LogP contribution < -0.4 is 0 Å². The second-order valence-corrected chi connectivity index (χ2v) is 8.93. The predicted octanol–water partition coefficient (Wildman–Crippen LogP) is 5.43. The van der Waals surface area contributed by atoms with E-state index in [1.165, 1.54) is 18.0 Å². The monoisotopic (exact) mass is 476 g/mol. The van der Waals surface area contributed by atoms with E-state index in [1.807, 2.05) is 30.3 Å². The third kappa shape index (κ3) is 3.90. The van der Waals surface area contributed by atoms with Crippen LogP contribution in [0.15, 0.2) is 88.8 Å². The molecule has 1 fully saturated rings. The maximum absolute atomic E-state index is 13.3. The van der Waals surface area contributed by atoms with E-state index in [9.17, 15) is 4.79 Å². The third-order valence-electron chi connectivity index (χ3n) is 5.91. The molecule has 5 heterocycles. The Morgan fingerprint density at radius 2 is 1.94 bits per heavy atom. The van der Waals surface area contributed by atoms with Crippen molar-refractivity contribution in [2.45, 2.75) is 30.5 Å². The van der Waals surface area contributed by atoms with E-state index in [2.05, 4.69) is 10.2 Å². The zero-order valence-electron chi connectivity index (χ0n) is 18.0. The zero-order chi connectivity index (χ0) is 22.9. The number of amides is 1. The Bertz CT molecular complexity index is 1320. The molecule has 0 aromatic carbocycles. The average Bonchev–Trinajstić information content (AvgIpc) is 3.67. The molecule has 34 heavy (non-hydrogen) atoms. The quantitative estimate of drug-likeness (QED) is 0.339. The normalized spacial score (nSPS) is 21.1. The fourth-order valence-corrected chi connectivity index (χ4v) is 5.06. The molecule has 4 aromatic rings. The molecule has 2 unspecified atom stereocenters. The highest BCUT2D eigenvalue weighted by molar-refractivity contribution is 7.99. The Kier molecular flexibility index (Phi) is 5.42. The molecule has 0 spiro atoms. The first-order chi connectivity index (χ1) is 16.8. The van der Waals surface area contributed by atoms with Crippen molar-refractivity contribution in [3.8, 4) is 11.7 Å². The van der Waals surface area contributed by atoms with Crippen LogP contribution in [0, 0.1) is 5.92 Å². The molecular formula is C24H20N4O5S. The summed E-state index contributed by atoms with van der Waals surface area (Å²) < 4.78 is 22.1. The van der Waals surface area contributed by atoms with Crippen LogP contribution in [0.4, 0.5) is 0 Å². The maximum atomic E-state index is 13.3. The SMILES string of the molecule is O=C(CSc1nnc(-c2ccco2)o1)N1N=C2/C(=C/c3ccco3)CCCC2C1c1ccco1. The Morgan fingerprint density at radius 3 is 2.74 bits per heavy atom. The Morgan fingerprint density at radius 1 is 1.09 bits per heavy atom. The number of nitrogens with zero attached hydrogens (tertiary/aromatic N) is 4. The van der Waals surface area contributed by atoms with Gasteiger partial charge in [-0.25, -0.2) is 5.01 Å². The molecule has 2 atom stereocenters. The number of rotatable bonds is 6. The summed E-state index contributed by atoms with van der Waals surface area (Å²) in [6.45, 7) is 0. The number of furan rings is 3. The summed E-state index contributed by atoms with van der Waals surface area (Å²) in [5.74, 6) is 2.24. The van der Waals surface area contributed by atoms with Gasteiger partial charge in [0.2, 0.25) is 0 Å². The van der Waals surface area contributed by atoms with E-state index in [0.717, 1.165) is 42.1 Å². The van der Waals surface area contributed by atoms with E-state index in [-0.39, 0.29) is 34.7 Å². The van der Waals surface area contributed by atoms with Gasteiger partial charge in [0, 0.05) is 5.92 Å². The number of hydrogen-bond acceptors (Lipinski definition) is 9. The minimum absolute atomic E-state index is 0.0593. The van der Waals surface area contributed by atoms with Crippen molar-refractivity contribution in [2.75, 3.05) is 5.75 Å². The van der Waals surface area contributed by atoms with Crippen LogP contribution in [0.1, 0.15) is 36.8 Å². The topological polar surface area (TPSA) is 111 Å². The molecule has 1 saturated carbocycles. The van der Waals surface area contributed by atoms with Crippen LogP contribution in [0.5, 0.6) is 0 Å². The van der Waals surface area contributed by atoms with Crippen LogP contribution in [-0.4, -0.2) is 32.6 Å². The van der Waals surface area contributed by atoms with Gasteiger partial charge in [-0.2, -0.15) is 5.10 Å². The number of hydrogen-bond donors (Lipinski definition) is 0. The van der Waals surface area contributed by atoms with Gasteiger partial charge in [-0.15, -0.1) is 10.2 Å². The first-order valence-corrected chi connectivity index (χ1v) is 11.9. The summed E-state index contributed by atoms with van der Waals surface area (Å²) in [6, 6.07) is 10.7. The first kappa shape index (κ1) is 20.8. The molecule has 6 rings (SSSR count). The predicted molar refractivity (Wildman–Crippen MR) is 122 cm³/mol. The fourth-order valence-electron chi connectivity index (χ4n) is 4.45. The summed E-state index contributed by atoms with van der Waals surface area (Å²) in [4.78, 5) is 13.3. The summed E-state index contributed by atoms with van der Waals surface area (Å²) in [5, 5.41) is 14.6. The van der Waals surface area contributed by atoms with Gasteiger partial charge in [-0.3, -0.25) is 4.79 Å². The highest BCUT2D eigenvalue weighted by Crippen LogP contribution is 2.44. The van der Waals surface area contributed by atoms with Gasteiger partial charge < -0.3 is 17.7 Å². The van der Waals surface area contributed by atoms with Gasteiger partial charge in [0.25, 0.3) is 17.0 Å². The fraction of sp³-hybridized carbons (Fsp3) is 0.250. The van der Waals surface area contributed by atoms with Gasteiger partial charge >= 0.3 is 0 Å². The minimum Gasteiger partial charge on any atom is -0.467 e.